The maximum atomic E-state index is 12.0. The molecule has 6 heteroatoms. The Bertz CT molecular complexity index is 499. The van der Waals surface area contributed by atoms with Crippen LogP contribution in [0.15, 0.2) is 22.7 Å². The van der Waals surface area contributed by atoms with Crippen LogP contribution in [0.5, 0.6) is 0 Å². The van der Waals surface area contributed by atoms with E-state index in [0.29, 0.717) is 10.2 Å². The predicted molar refractivity (Wildman–Crippen MR) is 75.4 cm³/mol. The molecule has 0 saturated carbocycles. The van der Waals surface area contributed by atoms with Gasteiger partial charge in [-0.05, 0) is 53.5 Å². The molecular weight excluding hydrogens is 312 g/mol. The van der Waals surface area contributed by atoms with Crippen molar-refractivity contribution in [1.29, 1.82) is 0 Å². The van der Waals surface area contributed by atoms with Crippen molar-refractivity contribution in [2.45, 2.75) is 25.3 Å². The summed E-state index contributed by atoms with van der Waals surface area (Å²) in [6.07, 6.45) is 2.94. The van der Waals surface area contributed by atoms with Crippen LogP contribution >= 0.6 is 15.9 Å². The molecule has 1 atom stereocenters. The number of carboxylic acids is 1. The van der Waals surface area contributed by atoms with Gasteiger partial charge < -0.3 is 15.7 Å². The van der Waals surface area contributed by atoms with Crippen LogP contribution in [-0.4, -0.2) is 29.6 Å². The molecule has 3 N–H and O–H groups in total. The molecule has 0 unspecified atom stereocenters. The second kappa shape index (κ2) is 6.16. The number of carbonyl (C=O) groups is 2. The topological polar surface area (TPSA) is 78.4 Å². The molecule has 0 bridgehead atoms. The van der Waals surface area contributed by atoms with E-state index in [1.807, 2.05) is 0 Å². The third-order valence-corrected chi connectivity index (χ3v) is 3.78. The van der Waals surface area contributed by atoms with E-state index in [4.69, 9.17) is 5.11 Å². The first kappa shape index (κ1) is 14.0. The van der Waals surface area contributed by atoms with Gasteiger partial charge in [0.1, 0.15) is 0 Å². The summed E-state index contributed by atoms with van der Waals surface area (Å²) in [4.78, 5) is 23.0. The van der Waals surface area contributed by atoms with Crippen molar-refractivity contribution in [3.05, 3.63) is 28.2 Å². The molecule has 0 aromatic heterocycles. The number of hydrogen-bond donors (Lipinski definition) is 3. The minimum Gasteiger partial charge on any atom is -0.478 e. The average Bonchev–Trinajstić information content (AvgIpc) is 2.41. The highest BCUT2D eigenvalue weighted by molar-refractivity contribution is 9.10. The standard InChI is InChI=1S/C13H15BrN2O3/c14-10-5-4-8(7-9(10)13(18)19)16-12(17)11-3-1-2-6-15-11/h4-5,7,11,15H,1-3,6H2,(H,16,17)(H,18,19)/t11-/m0/s1. The largest absolute Gasteiger partial charge is 0.478 e. The van der Waals surface area contributed by atoms with E-state index in [1.54, 1.807) is 12.1 Å². The van der Waals surface area contributed by atoms with Gasteiger partial charge in [0.25, 0.3) is 0 Å². The molecule has 1 aliphatic rings. The second-order valence-electron chi connectivity index (χ2n) is 4.49. The Balaban J connectivity index is 2.08. The van der Waals surface area contributed by atoms with E-state index in [9.17, 15) is 9.59 Å². The number of anilines is 1. The Hall–Kier alpha value is -1.40. The molecular formula is C13H15BrN2O3. The van der Waals surface area contributed by atoms with Crippen LogP contribution in [0.4, 0.5) is 5.69 Å². The molecule has 1 aromatic carbocycles. The molecule has 0 spiro atoms. The zero-order valence-corrected chi connectivity index (χ0v) is 11.9. The van der Waals surface area contributed by atoms with Gasteiger partial charge in [0, 0.05) is 10.2 Å². The van der Waals surface area contributed by atoms with E-state index in [1.165, 1.54) is 6.07 Å². The summed E-state index contributed by atoms with van der Waals surface area (Å²) in [5, 5.41) is 14.9. The highest BCUT2D eigenvalue weighted by Crippen LogP contribution is 2.21. The van der Waals surface area contributed by atoms with E-state index < -0.39 is 5.97 Å². The van der Waals surface area contributed by atoms with Gasteiger partial charge in [-0.2, -0.15) is 0 Å². The molecule has 19 heavy (non-hydrogen) atoms. The average molecular weight is 327 g/mol. The van der Waals surface area contributed by atoms with Crippen molar-refractivity contribution in [1.82, 2.24) is 5.32 Å². The van der Waals surface area contributed by atoms with E-state index in [0.717, 1.165) is 25.8 Å². The zero-order valence-electron chi connectivity index (χ0n) is 10.3. The van der Waals surface area contributed by atoms with Crippen LogP contribution in [0.3, 0.4) is 0 Å². The maximum Gasteiger partial charge on any atom is 0.336 e. The first-order valence-corrected chi connectivity index (χ1v) is 6.94. The van der Waals surface area contributed by atoms with Crippen LogP contribution in [0.25, 0.3) is 0 Å². The molecule has 1 fully saturated rings. The summed E-state index contributed by atoms with van der Waals surface area (Å²) < 4.78 is 0.494. The van der Waals surface area contributed by atoms with Crippen molar-refractivity contribution >= 4 is 33.5 Å². The Labute approximate surface area is 119 Å². The minimum atomic E-state index is -1.03. The lowest BCUT2D eigenvalue weighted by Gasteiger charge is -2.22. The Morgan fingerprint density at radius 2 is 2.16 bits per heavy atom. The molecule has 1 amide bonds. The van der Waals surface area contributed by atoms with Crippen LogP contribution in [-0.2, 0) is 4.79 Å². The summed E-state index contributed by atoms with van der Waals surface area (Å²) in [5.74, 6) is -1.14. The van der Waals surface area contributed by atoms with Gasteiger partial charge in [0.05, 0.1) is 11.6 Å². The number of rotatable bonds is 3. The van der Waals surface area contributed by atoms with Crippen LogP contribution < -0.4 is 10.6 Å². The highest BCUT2D eigenvalue weighted by atomic mass is 79.9. The fraction of sp³-hybridized carbons (Fsp3) is 0.385. The van der Waals surface area contributed by atoms with Crippen molar-refractivity contribution in [2.24, 2.45) is 0 Å². The Kier molecular flexibility index (Phi) is 4.55. The van der Waals surface area contributed by atoms with Crippen molar-refractivity contribution in [3.63, 3.8) is 0 Å². The summed E-state index contributed by atoms with van der Waals surface area (Å²) in [7, 11) is 0. The van der Waals surface area contributed by atoms with Gasteiger partial charge in [0.15, 0.2) is 0 Å². The monoisotopic (exact) mass is 326 g/mol. The maximum absolute atomic E-state index is 12.0. The third kappa shape index (κ3) is 3.54. The quantitative estimate of drug-likeness (QED) is 0.795. The van der Waals surface area contributed by atoms with Crippen molar-refractivity contribution < 1.29 is 14.7 Å². The molecule has 102 valence electrons. The summed E-state index contributed by atoms with van der Waals surface area (Å²) in [5.41, 5.74) is 0.632. The molecule has 2 rings (SSSR count). The number of carbonyl (C=O) groups excluding carboxylic acids is 1. The molecule has 0 radical (unpaired) electrons. The van der Waals surface area contributed by atoms with E-state index in [-0.39, 0.29) is 17.5 Å². The van der Waals surface area contributed by atoms with Crippen molar-refractivity contribution in [2.75, 3.05) is 11.9 Å². The molecule has 1 saturated heterocycles. The summed E-state index contributed by atoms with van der Waals surface area (Å²) in [6, 6.07) is 4.56. The number of amides is 1. The number of halogens is 1. The molecule has 1 aliphatic heterocycles. The van der Waals surface area contributed by atoms with Gasteiger partial charge >= 0.3 is 5.97 Å². The van der Waals surface area contributed by atoms with Gasteiger partial charge in [-0.15, -0.1) is 0 Å². The lowest BCUT2D eigenvalue weighted by Crippen LogP contribution is -2.43. The predicted octanol–water partition coefficient (Wildman–Crippen LogP) is 2.23. The number of nitrogens with one attached hydrogen (secondary N) is 2. The fourth-order valence-corrected chi connectivity index (χ4v) is 2.49. The first-order chi connectivity index (χ1) is 9.08. The SMILES string of the molecule is O=C(O)c1cc(NC(=O)[C@@H]2CCCCN2)ccc1Br. The second-order valence-corrected chi connectivity index (χ2v) is 5.35. The molecule has 5 nitrogen and oxygen atoms in total. The Morgan fingerprint density at radius 1 is 1.37 bits per heavy atom. The van der Waals surface area contributed by atoms with Gasteiger partial charge in [-0.25, -0.2) is 4.79 Å². The summed E-state index contributed by atoms with van der Waals surface area (Å²) >= 11 is 3.17. The number of carboxylic acid groups (broad SMARTS) is 1. The van der Waals surface area contributed by atoms with Gasteiger partial charge in [-0.1, -0.05) is 6.42 Å². The zero-order chi connectivity index (χ0) is 13.8. The minimum absolute atomic E-state index is 0.113. The summed E-state index contributed by atoms with van der Waals surface area (Å²) in [6.45, 7) is 0.846. The third-order valence-electron chi connectivity index (χ3n) is 3.09. The van der Waals surface area contributed by atoms with Crippen LogP contribution in [0, 0.1) is 0 Å². The highest BCUT2D eigenvalue weighted by Gasteiger charge is 2.20. The number of hydrogen-bond acceptors (Lipinski definition) is 3. The first-order valence-electron chi connectivity index (χ1n) is 6.15. The van der Waals surface area contributed by atoms with Crippen LogP contribution in [0.2, 0.25) is 0 Å². The normalized spacial score (nSPS) is 18.9. The fourth-order valence-electron chi connectivity index (χ4n) is 2.07. The molecule has 1 heterocycles. The van der Waals surface area contributed by atoms with Crippen molar-refractivity contribution in [3.8, 4) is 0 Å². The lowest BCUT2D eigenvalue weighted by atomic mass is 10.0. The van der Waals surface area contributed by atoms with E-state index in [2.05, 4.69) is 26.6 Å². The number of aromatic carboxylic acids is 1. The Morgan fingerprint density at radius 3 is 2.79 bits per heavy atom. The smallest absolute Gasteiger partial charge is 0.336 e. The lowest BCUT2D eigenvalue weighted by molar-refractivity contribution is -0.118. The van der Waals surface area contributed by atoms with E-state index >= 15 is 0 Å². The number of piperidine rings is 1. The van der Waals surface area contributed by atoms with Gasteiger partial charge in [0.2, 0.25) is 5.91 Å². The molecule has 0 aliphatic carbocycles. The number of benzene rings is 1. The van der Waals surface area contributed by atoms with Gasteiger partial charge in [-0.3, -0.25) is 4.79 Å². The van der Waals surface area contributed by atoms with Crippen LogP contribution in [0.1, 0.15) is 29.6 Å². The molecule has 1 aromatic rings.